The zero-order valence-corrected chi connectivity index (χ0v) is 13.0. The lowest BCUT2D eigenvalue weighted by Crippen LogP contribution is -2.20. The van der Waals surface area contributed by atoms with E-state index in [0.29, 0.717) is 22.0 Å². The topological polar surface area (TPSA) is 12.0 Å². The molecule has 20 heavy (non-hydrogen) atoms. The molecule has 106 valence electrons. The molecule has 1 unspecified atom stereocenters. The predicted molar refractivity (Wildman–Crippen MR) is 80.7 cm³/mol. The normalized spacial score (nSPS) is 12.4. The van der Waals surface area contributed by atoms with E-state index in [2.05, 4.69) is 21.2 Å². The van der Waals surface area contributed by atoms with Gasteiger partial charge in [0.1, 0.15) is 11.6 Å². The highest BCUT2D eigenvalue weighted by Gasteiger charge is 2.16. The fourth-order valence-corrected chi connectivity index (χ4v) is 2.78. The number of likely N-dealkylation sites (N-methyl/N-ethyl adjacent to an activating group) is 1. The Balaban J connectivity index is 2.31. The second-order valence-corrected chi connectivity index (χ2v) is 5.72. The molecule has 2 aromatic rings. The Kier molecular flexibility index (Phi) is 4.89. The summed E-state index contributed by atoms with van der Waals surface area (Å²) in [7, 11) is 1.78. The van der Waals surface area contributed by atoms with E-state index in [9.17, 15) is 8.78 Å². The molecule has 0 aliphatic heterocycles. The summed E-state index contributed by atoms with van der Waals surface area (Å²) in [6.45, 7) is 1.74. The van der Waals surface area contributed by atoms with Crippen LogP contribution in [0.5, 0.6) is 0 Å². The van der Waals surface area contributed by atoms with Crippen LogP contribution in [0.4, 0.5) is 8.78 Å². The van der Waals surface area contributed by atoms with Crippen LogP contribution < -0.4 is 5.32 Å². The third kappa shape index (κ3) is 3.44. The van der Waals surface area contributed by atoms with E-state index in [0.717, 1.165) is 5.56 Å². The van der Waals surface area contributed by atoms with Crippen LogP contribution in [0, 0.1) is 18.6 Å². The Morgan fingerprint density at radius 3 is 2.60 bits per heavy atom. The van der Waals surface area contributed by atoms with Gasteiger partial charge in [0, 0.05) is 16.1 Å². The van der Waals surface area contributed by atoms with Crippen LogP contribution in [0.2, 0.25) is 0 Å². The van der Waals surface area contributed by atoms with Crippen molar-refractivity contribution in [2.75, 3.05) is 7.05 Å². The van der Waals surface area contributed by atoms with Crippen molar-refractivity contribution in [1.29, 1.82) is 0 Å². The van der Waals surface area contributed by atoms with Gasteiger partial charge in [-0.05, 0) is 49.7 Å². The number of nitrogens with one attached hydrogen (secondary N) is 1. The molecule has 0 aliphatic carbocycles. The standard InChI is InChI=1S/C16H16BrF2N/c1-10-4-3-5-14(16(10)19)15(20-2)8-11-6-12(17)9-13(18)7-11/h3-7,9,15,20H,8H2,1-2H3. The molecular formula is C16H16BrF2N. The van der Waals surface area contributed by atoms with E-state index in [-0.39, 0.29) is 17.7 Å². The highest BCUT2D eigenvalue weighted by molar-refractivity contribution is 9.10. The maximum atomic E-state index is 14.2. The van der Waals surface area contributed by atoms with Crippen molar-refractivity contribution >= 4 is 15.9 Å². The molecule has 2 rings (SSSR count). The number of aryl methyl sites for hydroxylation is 1. The highest BCUT2D eigenvalue weighted by Crippen LogP contribution is 2.24. The summed E-state index contributed by atoms with van der Waals surface area (Å²) in [5, 5.41) is 3.10. The molecule has 0 amide bonds. The molecule has 1 atom stereocenters. The van der Waals surface area contributed by atoms with Gasteiger partial charge in [-0.15, -0.1) is 0 Å². The first-order chi connectivity index (χ1) is 9.51. The van der Waals surface area contributed by atoms with E-state index in [4.69, 9.17) is 0 Å². The lowest BCUT2D eigenvalue weighted by Gasteiger charge is -2.18. The van der Waals surface area contributed by atoms with Crippen molar-refractivity contribution < 1.29 is 8.78 Å². The largest absolute Gasteiger partial charge is 0.313 e. The monoisotopic (exact) mass is 339 g/mol. The first-order valence-corrected chi connectivity index (χ1v) is 7.18. The second-order valence-electron chi connectivity index (χ2n) is 4.80. The van der Waals surface area contributed by atoms with Crippen molar-refractivity contribution in [3.63, 3.8) is 0 Å². The number of hydrogen-bond acceptors (Lipinski definition) is 1. The minimum Gasteiger partial charge on any atom is -0.313 e. The highest BCUT2D eigenvalue weighted by atomic mass is 79.9. The van der Waals surface area contributed by atoms with E-state index < -0.39 is 0 Å². The maximum Gasteiger partial charge on any atom is 0.130 e. The first-order valence-electron chi connectivity index (χ1n) is 6.38. The summed E-state index contributed by atoms with van der Waals surface area (Å²) in [5.74, 6) is -0.503. The predicted octanol–water partition coefficient (Wildman–Crippen LogP) is 4.54. The fraction of sp³-hybridized carbons (Fsp3) is 0.250. The van der Waals surface area contributed by atoms with Crippen LogP contribution in [-0.2, 0) is 6.42 Å². The summed E-state index contributed by atoms with van der Waals surface area (Å²) < 4.78 is 28.3. The molecule has 1 N–H and O–H groups in total. The number of hydrogen-bond donors (Lipinski definition) is 1. The number of halogens is 3. The summed E-state index contributed by atoms with van der Waals surface area (Å²) in [6, 6.07) is 9.88. The van der Waals surface area contributed by atoms with Gasteiger partial charge in [-0.1, -0.05) is 34.1 Å². The first kappa shape index (κ1) is 15.1. The zero-order chi connectivity index (χ0) is 14.7. The van der Waals surface area contributed by atoms with Gasteiger partial charge < -0.3 is 5.32 Å². The average molecular weight is 340 g/mol. The summed E-state index contributed by atoms with van der Waals surface area (Å²) in [4.78, 5) is 0. The van der Waals surface area contributed by atoms with Crippen LogP contribution in [0.3, 0.4) is 0 Å². The minimum absolute atomic E-state index is 0.191. The molecule has 0 radical (unpaired) electrons. The number of benzene rings is 2. The Morgan fingerprint density at radius 1 is 1.20 bits per heavy atom. The quantitative estimate of drug-likeness (QED) is 0.862. The summed E-state index contributed by atoms with van der Waals surface area (Å²) in [6.07, 6.45) is 0.521. The molecule has 0 saturated heterocycles. The van der Waals surface area contributed by atoms with Crippen LogP contribution in [0.25, 0.3) is 0 Å². The molecule has 4 heteroatoms. The zero-order valence-electron chi connectivity index (χ0n) is 11.4. The Morgan fingerprint density at radius 2 is 1.95 bits per heavy atom. The Bertz CT molecular complexity index is 593. The Labute approximate surface area is 126 Å². The molecule has 0 saturated carbocycles. The van der Waals surface area contributed by atoms with Gasteiger partial charge in [-0.3, -0.25) is 0 Å². The van der Waals surface area contributed by atoms with Crippen molar-refractivity contribution in [3.05, 3.63) is 69.2 Å². The van der Waals surface area contributed by atoms with Crippen molar-refractivity contribution in [2.45, 2.75) is 19.4 Å². The van der Waals surface area contributed by atoms with E-state index in [1.165, 1.54) is 12.1 Å². The lowest BCUT2D eigenvalue weighted by atomic mass is 9.97. The molecular weight excluding hydrogens is 324 g/mol. The van der Waals surface area contributed by atoms with Crippen molar-refractivity contribution in [3.8, 4) is 0 Å². The van der Waals surface area contributed by atoms with Gasteiger partial charge >= 0.3 is 0 Å². The second kappa shape index (κ2) is 6.46. The van der Waals surface area contributed by atoms with Gasteiger partial charge in [0.15, 0.2) is 0 Å². The van der Waals surface area contributed by atoms with Crippen molar-refractivity contribution in [1.82, 2.24) is 5.32 Å². The van der Waals surface area contributed by atoms with E-state index in [1.807, 2.05) is 12.1 Å². The van der Waals surface area contributed by atoms with Crippen LogP contribution in [0.1, 0.15) is 22.7 Å². The van der Waals surface area contributed by atoms with Gasteiger partial charge in [-0.25, -0.2) is 8.78 Å². The molecule has 2 aromatic carbocycles. The van der Waals surface area contributed by atoms with Crippen molar-refractivity contribution in [2.24, 2.45) is 0 Å². The lowest BCUT2D eigenvalue weighted by molar-refractivity contribution is 0.528. The van der Waals surface area contributed by atoms with Crippen LogP contribution >= 0.6 is 15.9 Å². The van der Waals surface area contributed by atoms with Gasteiger partial charge in [0.05, 0.1) is 0 Å². The summed E-state index contributed by atoms with van der Waals surface area (Å²) >= 11 is 3.27. The molecule has 0 heterocycles. The molecule has 1 nitrogen and oxygen atoms in total. The average Bonchev–Trinajstić information content (AvgIpc) is 2.38. The molecule has 0 bridgehead atoms. The third-order valence-corrected chi connectivity index (χ3v) is 3.77. The van der Waals surface area contributed by atoms with E-state index in [1.54, 1.807) is 26.1 Å². The van der Waals surface area contributed by atoms with Crippen LogP contribution in [-0.4, -0.2) is 7.05 Å². The van der Waals surface area contributed by atoms with E-state index >= 15 is 0 Å². The maximum absolute atomic E-state index is 14.2. The van der Waals surface area contributed by atoms with Gasteiger partial charge in [0.25, 0.3) is 0 Å². The molecule has 0 fully saturated rings. The van der Waals surface area contributed by atoms with Crippen LogP contribution in [0.15, 0.2) is 40.9 Å². The fourth-order valence-electron chi connectivity index (χ4n) is 2.27. The third-order valence-electron chi connectivity index (χ3n) is 3.31. The van der Waals surface area contributed by atoms with Gasteiger partial charge in [0.2, 0.25) is 0 Å². The molecule has 0 aromatic heterocycles. The SMILES string of the molecule is CNC(Cc1cc(F)cc(Br)c1)c1cccc(C)c1F. The molecule has 0 aliphatic rings. The minimum atomic E-state index is -0.297. The smallest absolute Gasteiger partial charge is 0.130 e. The van der Waals surface area contributed by atoms with Gasteiger partial charge in [-0.2, -0.15) is 0 Å². The Hall–Kier alpha value is -1.26. The number of rotatable bonds is 4. The summed E-state index contributed by atoms with van der Waals surface area (Å²) in [5.41, 5.74) is 2.04. The molecule has 0 spiro atoms.